The van der Waals surface area contributed by atoms with E-state index in [1.54, 1.807) is 6.92 Å². The maximum Gasteiger partial charge on any atom is 0.341 e. The lowest BCUT2D eigenvalue weighted by atomic mass is 9.88. The molecule has 1 heterocycles. The molecule has 5 heteroatoms. The Bertz CT molecular complexity index is 507. The highest BCUT2D eigenvalue weighted by molar-refractivity contribution is 7.17. The van der Waals surface area contributed by atoms with Crippen molar-refractivity contribution in [1.29, 1.82) is 0 Å². The fraction of sp³-hybridized carbons (Fsp3) is 0.571. The third-order valence-corrected chi connectivity index (χ3v) is 4.65. The molecule has 2 rings (SSSR count). The average molecular weight is 281 g/mol. The van der Waals surface area contributed by atoms with Gasteiger partial charge in [0.15, 0.2) is 0 Å². The monoisotopic (exact) mass is 281 g/mol. The van der Waals surface area contributed by atoms with Gasteiger partial charge in [0.25, 0.3) is 0 Å². The van der Waals surface area contributed by atoms with E-state index in [-0.39, 0.29) is 11.9 Å². The number of nitrogens with one attached hydrogen (secondary N) is 1. The van der Waals surface area contributed by atoms with E-state index in [9.17, 15) is 9.59 Å². The summed E-state index contributed by atoms with van der Waals surface area (Å²) in [7, 11) is 1.38. The lowest BCUT2D eigenvalue weighted by Crippen LogP contribution is -2.15. The van der Waals surface area contributed by atoms with Crippen molar-refractivity contribution in [3.63, 3.8) is 0 Å². The van der Waals surface area contributed by atoms with Gasteiger partial charge in [-0.1, -0.05) is 13.8 Å². The fourth-order valence-corrected chi connectivity index (χ4v) is 3.79. The number of esters is 1. The van der Waals surface area contributed by atoms with Crippen molar-refractivity contribution in [3.8, 4) is 0 Å². The molecule has 0 unspecified atom stereocenters. The quantitative estimate of drug-likeness (QED) is 0.866. The minimum absolute atomic E-state index is 0.0724. The molecule has 1 atom stereocenters. The van der Waals surface area contributed by atoms with Gasteiger partial charge in [-0.15, -0.1) is 11.3 Å². The molecule has 19 heavy (non-hydrogen) atoms. The minimum atomic E-state index is -0.349. The van der Waals surface area contributed by atoms with Crippen molar-refractivity contribution in [2.24, 2.45) is 5.92 Å². The van der Waals surface area contributed by atoms with Gasteiger partial charge in [-0.25, -0.2) is 4.79 Å². The van der Waals surface area contributed by atoms with Crippen LogP contribution in [0.15, 0.2) is 0 Å². The van der Waals surface area contributed by atoms with Crippen LogP contribution in [0.1, 0.15) is 47.5 Å². The van der Waals surface area contributed by atoms with Crippen LogP contribution in [-0.2, 0) is 22.4 Å². The van der Waals surface area contributed by atoms with Crippen LogP contribution in [0.2, 0.25) is 0 Å². The SMILES string of the molecule is CCC(=O)Nc1sc2c(c1C(=O)OC)CC[C@H](C)C2. The summed E-state index contributed by atoms with van der Waals surface area (Å²) in [5, 5.41) is 3.48. The van der Waals surface area contributed by atoms with Crippen LogP contribution >= 0.6 is 11.3 Å². The molecule has 0 radical (unpaired) electrons. The van der Waals surface area contributed by atoms with Crippen molar-refractivity contribution < 1.29 is 14.3 Å². The van der Waals surface area contributed by atoms with E-state index in [4.69, 9.17) is 4.74 Å². The number of amides is 1. The first-order chi connectivity index (χ1) is 9.06. The predicted molar refractivity (Wildman–Crippen MR) is 75.8 cm³/mol. The van der Waals surface area contributed by atoms with E-state index in [1.165, 1.54) is 23.3 Å². The smallest absolute Gasteiger partial charge is 0.341 e. The number of thiophene rings is 1. The summed E-state index contributed by atoms with van der Waals surface area (Å²) in [6.07, 6.45) is 3.35. The Kier molecular flexibility index (Phi) is 4.24. The topological polar surface area (TPSA) is 55.4 Å². The van der Waals surface area contributed by atoms with E-state index < -0.39 is 0 Å². The van der Waals surface area contributed by atoms with E-state index in [2.05, 4.69) is 12.2 Å². The first kappa shape index (κ1) is 14.1. The van der Waals surface area contributed by atoms with E-state index in [1.807, 2.05) is 0 Å². The lowest BCUT2D eigenvalue weighted by molar-refractivity contribution is -0.115. The maximum absolute atomic E-state index is 12.0. The number of hydrogen-bond acceptors (Lipinski definition) is 4. The molecule has 0 saturated carbocycles. The second-order valence-electron chi connectivity index (χ2n) is 4.95. The van der Waals surface area contributed by atoms with E-state index in [0.717, 1.165) is 24.8 Å². The summed E-state index contributed by atoms with van der Waals surface area (Å²) in [6.45, 7) is 4.01. The molecule has 0 bridgehead atoms. The highest BCUT2D eigenvalue weighted by Gasteiger charge is 2.28. The minimum Gasteiger partial charge on any atom is -0.465 e. The van der Waals surface area contributed by atoms with Gasteiger partial charge in [-0.3, -0.25) is 4.79 Å². The Morgan fingerprint density at radius 3 is 2.84 bits per heavy atom. The third kappa shape index (κ3) is 2.81. The Balaban J connectivity index is 2.41. The van der Waals surface area contributed by atoms with Gasteiger partial charge in [0.05, 0.1) is 12.7 Å². The summed E-state index contributed by atoms with van der Waals surface area (Å²) < 4.78 is 4.86. The van der Waals surface area contributed by atoms with Crippen molar-refractivity contribution in [1.82, 2.24) is 0 Å². The van der Waals surface area contributed by atoms with Gasteiger partial charge in [0, 0.05) is 11.3 Å². The molecule has 1 N–H and O–H groups in total. The summed E-state index contributed by atoms with van der Waals surface area (Å²) in [5.41, 5.74) is 1.64. The molecule has 1 aliphatic carbocycles. The zero-order chi connectivity index (χ0) is 14.0. The highest BCUT2D eigenvalue weighted by atomic mass is 32.1. The zero-order valence-electron chi connectivity index (χ0n) is 11.5. The largest absolute Gasteiger partial charge is 0.465 e. The number of anilines is 1. The molecule has 104 valence electrons. The van der Waals surface area contributed by atoms with Crippen LogP contribution in [0, 0.1) is 5.92 Å². The zero-order valence-corrected chi connectivity index (χ0v) is 12.4. The summed E-state index contributed by atoms with van der Waals surface area (Å²) in [6, 6.07) is 0. The van der Waals surface area contributed by atoms with Crippen molar-refractivity contribution in [2.75, 3.05) is 12.4 Å². The molecule has 0 aliphatic heterocycles. The number of carbonyl (C=O) groups excluding carboxylic acids is 2. The van der Waals surface area contributed by atoms with Gasteiger partial charge in [0.1, 0.15) is 5.00 Å². The molecule has 1 amide bonds. The van der Waals surface area contributed by atoms with Crippen molar-refractivity contribution in [2.45, 2.75) is 39.5 Å². The number of rotatable bonds is 3. The van der Waals surface area contributed by atoms with E-state index in [0.29, 0.717) is 22.9 Å². The van der Waals surface area contributed by atoms with Crippen molar-refractivity contribution in [3.05, 3.63) is 16.0 Å². The first-order valence-electron chi connectivity index (χ1n) is 6.59. The molecular formula is C14H19NO3S. The van der Waals surface area contributed by atoms with Crippen LogP contribution in [0.4, 0.5) is 5.00 Å². The second kappa shape index (κ2) is 5.74. The van der Waals surface area contributed by atoms with Gasteiger partial charge in [-0.2, -0.15) is 0 Å². The lowest BCUT2D eigenvalue weighted by Gasteiger charge is -2.18. The molecule has 0 aromatic carbocycles. The number of fused-ring (bicyclic) bond motifs is 1. The highest BCUT2D eigenvalue weighted by Crippen LogP contribution is 2.40. The molecule has 0 spiro atoms. The van der Waals surface area contributed by atoms with Gasteiger partial charge >= 0.3 is 5.97 Å². The number of carbonyl (C=O) groups is 2. The van der Waals surface area contributed by atoms with Crippen LogP contribution in [0.5, 0.6) is 0 Å². The summed E-state index contributed by atoms with van der Waals surface area (Å²) >= 11 is 1.52. The second-order valence-corrected chi connectivity index (χ2v) is 6.05. The van der Waals surface area contributed by atoms with Gasteiger partial charge < -0.3 is 10.1 Å². The Morgan fingerprint density at radius 2 is 2.21 bits per heavy atom. The Morgan fingerprint density at radius 1 is 1.47 bits per heavy atom. The molecule has 4 nitrogen and oxygen atoms in total. The maximum atomic E-state index is 12.0. The van der Waals surface area contributed by atoms with Crippen molar-refractivity contribution >= 4 is 28.2 Å². The number of hydrogen-bond donors (Lipinski definition) is 1. The average Bonchev–Trinajstić information content (AvgIpc) is 2.74. The molecular weight excluding hydrogens is 262 g/mol. The fourth-order valence-electron chi connectivity index (χ4n) is 2.37. The molecule has 0 fully saturated rings. The number of methoxy groups -OCH3 is 1. The van der Waals surface area contributed by atoms with E-state index >= 15 is 0 Å². The first-order valence-corrected chi connectivity index (χ1v) is 7.41. The van der Waals surface area contributed by atoms with Gasteiger partial charge in [-0.05, 0) is 30.7 Å². The standard InChI is InChI=1S/C14H19NO3S/c1-4-11(16)15-13-12(14(17)18-3)9-6-5-8(2)7-10(9)19-13/h8H,4-7H2,1-3H3,(H,15,16)/t8-/m0/s1. The third-order valence-electron chi connectivity index (χ3n) is 3.48. The normalized spacial score (nSPS) is 17.7. The predicted octanol–water partition coefficient (Wildman–Crippen LogP) is 3.01. The van der Waals surface area contributed by atoms with Crippen LogP contribution in [-0.4, -0.2) is 19.0 Å². The summed E-state index contributed by atoms with van der Waals surface area (Å²) in [5.74, 6) is 0.210. The molecule has 1 aliphatic rings. The Labute approximate surface area is 117 Å². The Hall–Kier alpha value is -1.36. The van der Waals surface area contributed by atoms with Crippen LogP contribution < -0.4 is 5.32 Å². The van der Waals surface area contributed by atoms with Crippen LogP contribution in [0.25, 0.3) is 0 Å². The van der Waals surface area contributed by atoms with Crippen LogP contribution in [0.3, 0.4) is 0 Å². The number of ether oxygens (including phenoxy) is 1. The van der Waals surface area contributed by atoms with Gasteiger partial charge in [0.2, 0.25) is 5.91 Å². The molecule has 0 saturated heterocycles. The summed E-state index contributed by atoms with van der Waals surface area (Å²) in [4.78, 5) is 24.7. The molecule has 1 aromatic rings. The molecule has 1 aromatic heterocycles.